The second-order valence-corrected chi connectivity index (χ2v) is 7.63. The van der Waals surface area contributed by atoms with Crippen molar-refractivity contribution >= 4 is 38.3 Å². The van der Waals surface area contributed by atoms with Gasteiger partial charge in [-0.3, -0.25) is 0 Å². The molecule has 4 nitrogen and oxygen atoms in total. The lowest BCUT2D eigenvalue weighted by atomic mass is 10.1. The van der Waals surface area contributed by atoms with Gasteiger partial charge in [0.05, 0.1) is 5.39 Å². The number of thiophene rings is 1. The van der Waals surface area contributed by atoms with Gasteiger partial charge in [0, 0.05) is 28.5 Å². The minimum atomic E-state index is -0.232. The maximum Gasteiger partial charge on any atom is 0.138 e. The molecule has 6 heteroatoms. The Balaban J connectivity index is 1.37. The van der Waals surface area contributed by atoms with Gasteiger partial charge in [-0.15, -0.1) is 11.3 Å². The molecule has 2 N–H and O–H groups in total. The number of rotatable bonds is 5. The zero-order chi connectivity index (χ0) is 18.9. The van der Waals surface area contributed by atoms with Crippen LogP contribution in [0.1, 0.15) is 5.56 Å². The highest BCUT2D eigenvalue weighted by Crippen LogP contribution is 2.35. The van der Waals surface area contributed by atoms with Gasteiger partial charge in [-0.1, -0.05) is 30.3 Å². The van der Waals surface area contributed by atoms with Crippen LogP contribution in [-0.2, 0) is 6.42 Å². The number of nitrogens with one attached hydrogen (secondary N) is 2. The van der Waals surface area contributed by atoms with E-state index in [0.29, 0.717) is 0 Å². The summed E-state index contributed by atoms with van der Waals surface area (Å²) in [5.41, 5.74) is 3.42. The number of hydrogen-bond donors (Lipinski definition) is 2. The lowest BCUT2D eigenvalue weighted by Crippen LogP contribution is -2.06. The molecule has 0 atom stereocenters. The summed E-state index contributed by atoms with van der Waals surface area (Å²) < 4.78 is 13.2. The van der Waals surface area contributed by atoms with E-state index in [1.807, 2.05) is 6.07 Å². The van der Waals surface area contributed by atoms with Gasteiger partial charge in [-0.05, 0) is 41.8 Å². The summed E-state index contributed by atoms with van der Waals surface area (Å²) in [6, 6.07) is 16.9. The van der Waals surface area contributed by atoms with Crippen LogP contribution in [0.15, 0.2) is 67.1 Å². The molecule has 5 aromatic rings. The fourth-order valence-electron chi connectivity index (χ4n) is 3.41. The Bertz CT molecular complexity index is 1260. The predicted octanol–water partition coefficient (Wildman–Crippen LogP) is 5.63. The smallest absolute Gasteiger partial charge is 0.138 e. The number of aromatic amines is 1. The fourth-order valence-corrected chi connectivity index (χ4v) is 4.41. The van der Waals surface area contributed by atoms with Crippen LogP contribution in [0.5, 0.6) is 0 Å². The monoisotopic (exact) mass is 388 g/mol. The Hall–Kier alpha value is -3.25. The minimum Gasteiger partial charge on any atom is -0.369 e. The van der Waals surface area contributed by atoms with Gasteiger partial charge in [0.15, 0.2) is 0 Å². The van der Waals surface area contributed by atoms with Crippen LogP contribution in [0.4, 0.5) is 10.2 Å². The quantitative estimate of drug-likeness (QED) is 0.410. The van der Waals surface area contributed by atoms with E-state index in [4.69, 9.17) is 0 Å². The van der Waals surface area contributed by atoms with Crippen LogP contribution in [0.25, 0.3) is 31.6 Å². The Kier molecular flexibility index (Phi) is 4.25. The SMILES string of the molecule is Fc1ccc(-c2cc3c(NCCc4c[nH]c5ccccc45)ncnc3s2)cc1. The second kappa shape index (κ2) is 7.05. The molecule has 28 heavy (non-hydrogen) atoms. The molecule has 5 rings (SSSR count). The molecular formula is C22H17FN4S. The number of para-hydroxylation sites is 1. The molecule has 3 aromatic heterocycles. The summed E-state index contributed by atoms with van der Waals surface area (Å²) in [4.78, 5) is 14.1. The molecule has 0 radical (unpaired) electrons. The first-order chi connectivity index (χ1) is 13.8. The van der Waals surface area contributed by atoms with Gasteiger partial charge >= 0.3 is 0 Å². The van der Waals surface area contributed by atoms with Crippen molar-refractivity contribution in [1.82, 2.24) is 15.0 Å². The Labute approximate surface area is 165 Å². The van der Waals surface area contributed by atoms with Crippen molar-refractivity contribution in [1.29, 1.82) is 0 Å². The number of H-pyrrole nitrogens is 1. The van der Waals surface area contributed by atoms with Crippen molar-refractivity contribution < 1.29 is 4.39 Å². The molecule has 0 unspecified atom stereocenters. The Morgan fingerprint density at radius 3 is 2.75 bits per heavy atom. The first kappa shape index (κ1) is 16.9. The highest BCUT2D eigenvalue weighted by molar-refractivity contribution is 7.21. The third-order valence-corrected chi connectivity index (χ3v) is 5.91. The number of aromatic nitrogens is 3. The summed E-state index contributed by atoms with van der Waals surface area (Å²) in [6.45, 7) is 0.774. The van der Waals surface area contributed by atoms with E-state index >= 15 is 0 Å². The highest BCUT2D eigenvalue weighted by atomic mass is 32.1. The molecule has 0 amide bonds. The van der Waals surface area contributed by atoms with Crippen LogP contribution in [0.2, 0.25) is 0 Å². The van der Waals surface area contributed by atoms with Crippen LogP contribution in [0, 0.1) is 5.82 Å². The van der Waals surface area contributed by atoms with Crippen molar-refractivity contribution in [2.45, 2.75) is 6.42 Å². The van der Waals surface area contributed by atoms with E-state index in [0.717, 1.165) is 45.0 Å². The number of hydrogen-bond acceptors (Lipinski definition) is 4. The summed E-state index contributed by atoms with van der Waals surface area (Å²) in [5, 5.41) is 5.69. The van der Waals surface area contributed by atoms with E-state index in [1.165, 1.54) is 23.1 Å². The van der Waals surface area contributed by atoms with E-state index in [2.05, 4.69) is 50.7 Å². The zero-order valence-corrected chi connectivity index (χ0v) is 15.8. The van der Waals surface area contributed by atoms with Crippen LogP contribution >= 0.6 is 11.3 Å². The van der Waals surface area contributed by atoms with Gasteiger partial charge in [0.2, 0.25) is 0 Å². The maximum absolute atomic E-state index is 13.2. The number of fused-ring (bicyclic) bond motifs is 2. The molecule has 0 aliphatic heterocycles. The standard InChI is InChI=1S/C22H17FN4S/c23-16-7-5-14(6-8-16)20-11-18-21(26-13-27-22(18)28-20)24-10-9-15-12-25-19-4-2-1-3-17(15)19/h1-8,11-13,25H,9-10H2,(H,24,26,27). The summed E-state index contributed by atoms with van der Waals surface area (Å²) in [5.74, 6) is 0.596. The maximum atomic E-state index is 13.2. The van der Waals surface area contributed by atoms with Crippen molar-refractivity contribution in [3.05, 3.63) is 78.5 Å². The van der Waals surface area contributed by atoms with Crippen LogP contribution < -0.4 is 5.32 Å². The van der Waals surface area contributed by atoms with Gasteiger partial charge in [-0.2, -0.15) is 0 Å². The third-order valence-electron chi connectivity index (χ3n) is 4.82. The van der Waals surface area contributed by atoms with E-state index in [9.17, 15) is 4.39 Å². The highest BCUT2D eigenvalue weighted by Gasteiger charge is 2.10. The number of halogens is 1. The lowest BCUT2D eigenvalue weighted by Gasteiger charge is -2.06. The van der Waals surface area contributed by atoms with Gasteiger partial charge < -0.3 is 10.3 Å². The molecule has 0 fully saturated rings. The number of anilines is 1. The van der Waals surface area contributed by atoms with Gasteiger partial charge in [-0.25, -0.2) is 14.4 Å². The first-order valence-electron chi connectivity index (χ1n) is 9.07. The molecular weight excluding hydrogens is 371 g/mol. The lowest BCUT2D eigenvalue weighted by molar-refractivity contribution is 0.628. The third kappa shape index (κ3) is 3.12. The average Bonchev–Trinajstić information content (AvgIpc) is 3.33. The van der Waals surface area contributed by atoms with E-state index in [1.54, 1.807) is 29.8 Å². The number of benzene rings is 2. The number of nitrogens with zero attached hydrogens (tertiary/aromatic N) is 2. The molecule has 0 aliphatic carbocycles. The minimum absolute atomic E-state index is 0.232. The molecule has 0 spiro atoms. The Morgan fingerprint density at radius 2 is 1.86 bits per heavy atom. The van der Waals surface area contributed by atoms with Crippen LogP contribution in [0.3, 0.4) is 0 Å². The van der Waals surface area contributed by atoms with Crippen molar-refractivity contribution in [3.8, 4) is 10.4 Å². The van der Waals surface area contributed by atoms with Crippen molar-refractivity contribution in [3.63, 3.8) is 0 Å². The summed E-state index contributed by atoms with van der Waals surface area (Å²) >= 11 is 1.58. The van der Waals surface area contributed by atoms with Crippen molar-refractivity contribution in [2.24, 2.45) is 0 Å². The normalized spacial score (nSPS) is 11.3. The average molecular weight is 388 g/mol. The molecule has 0 aliphatic rings. The van der Waals surface area contributed by atoms with Gasteiger partial charge in [0.1, 0.15) is 22.8 Å². The molecule has 3 heterocycles. The first-order valence-corrected chi connectivity index (χ1v) is 9.89. The molecule has 138 valence electrons. The largest absolute Gasteiger partial charge is 0.369 e. The van der Waals surface area contributed by atoms with Gasteiger partial charge in [0.25, 0.3) is 0 Å². The van der Waals surface area contributed by atoms with E-state index < -0.39 is 0 Å². The van der Waals surface area contributed by atoms with Crippen molar-refractivity contribution in [2.75, 3.05) is 11.9 Å². The summed E-state index contributed by atoms with van der Waals surface area (Å²) in [6.07, 6.45) is 4.55. The predicted molar refractivity (Wildman–Crippen MR) is 113 cm³/mol. The second-order valence-electron chi connectivity index (χ2n) is 6.59. The molecule has 0 bridgehead atoms. The van der Waals surface area contributed by atoms with Crippen LogP contribution in [-0.4, -0.2) is 21.5 Å². The molecule has 0 saturated carbocycles. The summed E-state index contributed by atoms with van der Waals surface area (Å²) in [7, 11) is 0. The molecule has 0 saturated heterocycles. The zero-order valence-electron chi connectivity index (χ0n) is 14.9. The van der Waals surface area contributed by atoms with E-state index in [-0.39, 0.29) is 5.82 Å². The molecule has 2 aromatic carbocycles. The fraction of sp³-hybridized carbons (Fsp3) is 0.0909. The topological polar surface area (TPSA) is 53.6 Å². The Morgan fingerprint density at radius 1 is 1.00 bits per heavy atom.